The van der Waals surface area contributed by atoms with Crippen molar-refractivity contribution in [2.24, 2.45) is 11.8 Å². The second kappa shape index (κ2) is 11.0. The van der Waals surface area contributed by atoms with E-state index in [4.69, 9.17) is 9.94 Å². The molecule has 1 rings (SSSR count). The average Bonchev–Trinajstić information content (AvgIpc) is 2.65. The lowest BCUT2D eigenvalue weighted by molar-refractivity contribution is -0.147. The maximum Gasteiger partial charge on any atom is 0.328 e. The van der Waals surface area contributed by atoms with Gasteiger partial charge in [-0.25, -0.2) is 10.3 Å². The zero-order valence-corrected chi connectivity index (χ0v) is 15.3. The molecule has 0 aliphatic heterocycles. The fourth-order valence-electron chi connectivity index (χ4n) is 3.22. The molecule has 2 amide bonds. The molecule has 0 radical (unpaired) electrons. The third-order valence-electron chi connectivity index (χ3n) is 4.98. The third-order valence-corrected chi connectivity index (χ3v) is 4.98. The maximum absolute atomic E-state index is 12.8. The first-order chi connectivity index (χ1) is 11.9. The van der Waals surface area contributed by atoms with Gasteiger partial charge in [0.1, 0.15) is 6.04 Å². The van der Waals surface area contributed by atoms with Crippen molar-refractivity contribution in [1.29, 1.82) is 0 Å². The smallest absolute Gasteiger partial charge is 0.328 e. The van der Waals surface area contributed by atoms with Gasteiger partial charge in [-0.05, 0) is 24.7 Å². The normalized spacial score (nSPS) is 18.7. The van der Waals surface area contributed by atoms with Crippen molar-refractivity contribution in [2.75, 3.05) is 13.7 Å². The molecule has 0 aromatic carbocycles. The molecule has 0 bridgehead atoms. The van der Waals surface area contributed by atoms with E-state index in [1.807, 2.05) is 13.8 Å². The van der Waals surface area contributed by atoms with Crippen LogP contribution in [0.2, 0.25) is 0 Å². The van der Waals surface area contributed by atoms with Crippen LogP contribution in [0.15, 0.2) is 0 Å². The number of carbonyl (C=O) groups is 3. The Morgan fingerprint density at radius 2 is 1.84 bits per heavy atom. The fourth-order valence-corrected chi connectivity index (χ4v) is 3.22. The first kappa shape index (κ1) is 21.4. The van der Waals surface area contributed by atoms with Crippen molar-refractivity contribution in [3.8, 4) is 0 Å². The number of esters is 1. The predicted molar refractivity (Wildman–Crippen MR) is 91.7 cm³/mol. The molecule has 1 aliphatic rings. The van der Waals surface area contributed by atoms with Crippen LogP contribution in [0.1, 0.15) is 52.4 Å². The first-order valence-electron chi connectivity index (χ1n) is 8.99. The van der Waals surface area contributed by atoms with E-state index in [9.17, 15) is 14.4 Å². The minimum Gasteiger partial charge on any atom is -0.467 e. The number of ether oxygens (including phenoxy) is 1. The molecule has 144 valence electrons. The second-order valence-corrected chi connectivity index (χ2v) is 6.69. The number of hydrogen-bond acceptors (Lipinski definition) is 6. The molecular weight excluding hydrogens is 326 g/mol. The van der Waals surface area contributed by atoms with E-state index in [0.29, 0.717) is 6.42 Å². The van der Waals surface area contributed by atoms with Crippen molar-refractivity contribution in [3.05, 3.63) is 0 Å². The van der Waals surface area contributed by atoms with Crippen LogP contribution < -0.4 is 16.1 Å². The monoisotopic (exact) mass is 357 g/mol. The van der Waals surface area contributed by atoms with Gasteiger partial charge in [0, 0.05) is 0 Å². The summed E-state index contributed by atoms with van der Waals surface area (Å²) in [7, 11) is 1.30. The number of carbonyl (C=O) groups excluding carboxylic acids is 3. The highest BCUT2D eigenvalue weighted by molar-refractivity contribution is 5.88. The molecule has 0 aromatic heterocycles. The summed E-state index contributed by atoms with van der Waals surface area (Å²) < 4.78 is 4.81. The Hall–Kier alpha value is -1.67. The summed E-state index contributed by atoms with van der Waals surface area (Å²) >= 11 is 0. The molecule has 8 nitrogen and oxygen atoms in total. The molecule has 25 heavy (non-hydrogen) atoms. The molecule has 1 fully saturated rings. The Bertz CT molecular complexity index is 452. The minimum atomic E-state index is -0.720. The van der Waals surface area contributed by atoms with Crippen molar-refractivity contribution in [3.63, 3.8) is 0 Å². The van der Waals surface area contributed by atoms with E-state index >= 15 is 0 Å². The standard InChI is InChI=1S/C17H31N3O5/c1-4-11(2)14(17(23)25-3)19-16(22)15(18-10-13(21)20-24)12-8-6-5-7-9-12/h11-12,14-15,18,24H,4-10H2,1-3H3,(H,19,22)(H,20,21). The van der Waals surface area contributed by atoms with E-state index in [-0.39, 0.29) is 24.3 Å². The van der Waals surface area contributed by atoms with Gasteiger partial charge in [0.05, 0.1) is 19.7 Å². The summed E-state index contributed by atoms with van der Waals surface area (Å²) in [6.45, 7) is 3.65. The van der Waals surface area contributed by atoms with Gasteiger partial charge in [-0.2, -0.15) is 0 Å². The number of rotatable bonds is 9. The van der Waals surface area contributed by atoms with Gasteiger partial charge in [-0.3, -0.25) is 20.1 Å². The lowest BCUT2D eigenvalue weighted by atomic mass is 9.83. The molecule has 3 unspecified atom stereocenters. The predicted octanol–water partition coefficient (Wildman–Crippen LogP) is 0.734. The highest BCUT2D eigenvalue weighted by Crippen LogP contribution is 2.27. The Balaban J connectivity index is 2.84. The van der Waals surface area contributed by atoms with Crippen LogP contribution in [0.25, 0.3) is 0 Å². The summed E-state index contributed by atoms with van der Waals surface area (Å²) in [5.74, 6) is -1.37. The summed E-state index contributed by atoms with van der Waals surface area (Å²) in [4.78, 5) is 36.1. The SMILES string of the molecule is CCC(C)C(NC(=O)C(NCC(=O)NO)C1CCCCC1)C(=O)OC. The lowest BCUT2D eigenvalue weighted by Crippen LogP contribution is -2.56. The van der Waals surface area contributed by atoms with Crippen LogP contribution in [0.3, 0.4) is 0 Å². The molecule has 4 N–H and O–H groups in total. The fraction of sp³-hybridized carbons (Fsp3) is 0.824. The Morgan fingerprint density at radius 3 is 2.36 bits per heavy atom. The molecule has 8 heteroatoms. The molecular formula is C17H31N3O5. The quantitative estimate of drug-likeness (QED) is 0.275. The van der Waals surface area contributed by atoms with Crippen molar-refractivity contribution < 1.29 is 24.3 Å². The van der Waals surface area contributed by atoms with Gasteiger partial charge in [0.2, 0.25) is 5.91 Å². The second-order valence-electron chi connectivity index (χ2n) is 6.69. The summed E-state index contributed by atoms with van der Waals surface area (Å²) in [6.07, 6.45) is 5.70. The van der Waals surface area contributed by atoms with E-state index in [2.05, 4.69) is 10.6 Å². The Labute approximate surface area is 149 Å². The molecule has 0 heterocycles. The van der Waals surface area contributed by atoms with Gasteiger partial charge in [0.15, 0.2) is 0 Å². The summed E-state index contributed by atoms with van der Waals surface area (Å²) in [6, 6.07) is -1.31. The van der Waals surface area contributed by atoms with Crippen LogP contribution in [0, 0.1) is 11.8 Å². The zero-order valence-electron chi connectivity index (χ0n) is 15.3. The molecule has 0 saturated heterocycles. The number of amides is 2. The number of hydroxylamine groups is 1. The number of hydrogen-bond donors (Lipinski definition) is 4. The molecule has 1 saturated carbocycles. The minimum absolute atomic E-state index is 0.0656. The van der Waals surface area contributed by atoms with Crippen LogP contribution in [-0.4, -0.2) is 48.7 Å². The number of methoxy groups -OCH3 is 1. The summed E-state index contributed by atoms with van der Waals surface area (Å²) in [5.41, 5.74) is 1.55. The highest BCUT2D eigenvalue weighted by atomic mass is 16.5. The third kappa shape index (κ3) is 6.62. The van der Waals surface area contributed by atoms with E-state index in [1.165, 1.54) is 7.11 Å². The van der Waals surface area contributed by atoms with E-state index in [0.717, 1.165) is 32.1 Å². The molecule has 3 atom stereocenters. The Kier molecular flexibility index (Phi) is 9.44. The van der Waals surface area contributed by atoms with Crippen LogP contribution in [0.5, 0.6) is 0 Å². The van der Waals surface area contributed by atoms with Crippen molar-refractivity contribution in [2.45, 2.75) is 64.5 Å². The topological polar surface area (TPSA) is 117 Å². The molecule has 1 aliphatic carbocycles. The summed E-state index contributed by atoms with van der Waals surface area (Å²) in [5, 5.41) is 14.4. The van der Waals surface area contributed by atoms with E-state index < -0.39 is 24.0 Å². The van der Waals surface area contributed by atoms with Gasteiger partial charge < -0.3 is 10.1 Å². The average molecular weight is 357 g/mol. The van der Waals surface area contributed by atoms with Crippen molar-refractivity contribution >= 4 is 17.8 Å². The van der Waals surface area contributed by atoms with Gasteiger partial charge in [0.25, 0.3) is 5.91 Å². The van der Waals surface area contributed by atoms with Crippen molar-refractivity contribution in [1.82, 2.24) is 16.1 Å². The van der Waals surface area contributed by atoms with Crippen LogP contribution >= 0.6 is 0 Å². The molecule has 0 spiro atoms. The van der Waals surface area contributed by atoms with Gasteiger partial charge >= 0.3 is 5.97 Å². The number of nitrogens with one attached hydrogen (secondary N) is 3. The van der Waals surface area contributed by atoms with Crippen LogP contribution in [0.4, 0.5) is 0 Å². The Morgan fingerprint density at radius 1 is 1.20 bits per heavy atom. The van der Waals surface area contributed by atoms with E-state index in [1.54, 1.807) is 5.48 Å². The van der Waals surface area contributed by atoms with Crippen LogP contribution in [-0.2, 0) is 19.1 Å². The first-order valence-corrected chi connectivity index (χ1v) is 8.99. The van der Waals surface area contributed by atoms with Gasteiger partial charge in [-0.1, -0.05) is 39.5 Å². The maximum atomic E-state index is 12.8. The lowest BCUT2D eigenvalue weighted by Gasteiger charge is -2.32. The van der Waals surface area contributed by atoms with Gasteiger partial charge in [-0.15, -0.1) is 0 Å². The zero-order chi connectivity index (χ0) is 18.8. The largest absolute Gasteiger partial charge is 0.467 e. The molecule has 0 aromatic rings. The highest BCUT2D eigenvalue weighted by Gasteiger charge is 2.34.